The molecular formula is C5H9ClN2. The van der Waals surface area contributed by atoms with Crippen molar-refractivity contribution in [2.45, 2.75) is 6.92 Å². The lowest BCUT2D eigenvalue weighted by molar-refractivity contribution is 1.12. The van der Waals surface area contributed by atoms with E-state index in [-0.39, 0.29) is 0 Å². The fourth-order valence-corrected chi connectivity index (χ4v) is 0.316. The summed E-state index contributed by atoms with van der Waals surface area (Å²) in [5.74, 6) is 0.328. The van der Waals surface area contributed by atoms with Gasteiger partial charge in [-0.25, -0.2) is 0 Å². The van der Waals surface area contributed by atoms with Crippen LogP contribution in [0.5, 0.6) is 0 Å². The van der Waals surface area contributed by atoms with E-state index < -0.39 is 0 Å². The third-order valence-corrected chi connectivity index (χ3v) is 0.800. The Labute approximate surface area is 54.0 Å². The van der Waals surface area contributed by atoms with Crippen LogP contribution in [0, 0.1) is 0 Å². The molecule has 0 heterocycles. The van der Waals surface area contributed by atoms with E-state index in [1.54, 1.807) is 0 Å². The molecule has 0 aliphatic rings. The first-order valence-electron chi connectivity index (χ1n) is 2.33. The Hall–Kier alpha value is -0.500. The molecule has 2 N–H and O–H groups in total. The van der Waals surface area contributed by atoms with Gasteiger partial charge in [0.05, 0.1) is 5.03 Å². The lowest BCUT2D eigenvalue weighted by Crippen LogP contribution is -2.10. The Kier molecular flexibility index (Phi) is 3.28. The average molecular weight is 133 g/mol. The highest BCUT2D eigenvalue weighted by Crippen LogP contribution is 1.94. The molecule has 0 aromatic rings. The first kappa shape index (κ1) is 7.50. The van der Waals surface area contributed by atoms with Crippen LogP contribution in [0.1, 0.15) is 6.92 Å². The van der Waals surface area contributed by atoms with Crippen LogP contribution in [-0.2, 0) is 0 Å². The highest BCUT2D eigenvalue weighted by Gasteiger charge is 1.89. The molecule has 8 heavy (non-hydrogen) atoms. The molecule has 0 saturated carbocycles. The van der Waals surface area contributed by atoms with Gasteiger partial charge in [0.15, 0.2) is 0 Å². The van der Waals surface area contributed by atoms with E-state index in [0.29, 0.717) is 17.4 Å². The summed E-state index contributed by atoms with van der Waals surface area (Å²) in [4.78, 5) is 3.79. The fraction of sp³-hybridized carbons (Fsp3) is 0.400. The lowest BCUT2D eigenvalue weighted by Gasteiger charge is -1.91. The summed E-state index contributed by atoms with van der Waals surface area (Å²) in [7, 11) is 0. The summed E-state index contributed by atoms with van der Waals surface area (Å²) in [6, 6.07) is 0. The largest absolute Gasteiger partial charge is 0.383 e. The number of nitrogens with two attached hydrogens (primary N) is 1. The molecule has 0 aromatic heterocycles. The maximum Gasteiger partial charge on any atom is 0.136 e. The zero-order valence-electron chi connectivity index (χ0n) is 4.82. The zero-order valence-corrected chi connectivity index (χ0v) is 5.57. The average Bonchev–Trinajstić information content (AvgIpc) is 1.67. The molecule has 0 fully saturated rings. The molecular weight excluding hydrogens is 124 g/mol. The number of rotatable bonds is 2. The van der Waals surface area contributed by atoms with E-state index in [9.17, 15) is 0 Å². The maximum absolute atomic E-state index is 5.36. The van der Waals surface area contributed by atoms with Crippen molar-refractivity contribution in [3.05, 3.63) is 11.6 Å². The highest BCUT2D eigenvalue weighted by molar-refractivity contribution is 6.42. The second-order valence-electron chi connectivity index (χ2n) is 1.26. The van der Waals surface area contributed by atoms with Crippen LogP contribution in [0.15, 0.2) is 16.6 Å². The van der Waals surface area contributed by atoms with Crippen molar-refractivity contribution >= 4 is 17.4 Å². The van der Waals surface area contributed by atoms with Gasteiger partial charge in [-0.3, -0.25) is 4.99 Å². The molecule has 46 valence electrons. The zero-order chi connectivity index (χ0) is 6.57. The molecule has 0 rings (SSSR count). The van der Waals surface area contributed by atoms with Crippen molar-refractivity contribution in [2.24, 2.45) is 10.7 Å². The van der Waals surface area contributed by atoms with Crippen molar-refractivity contribution in [1.29, 1.82) is 0 Å². The van der Waals surface area contributed by atoms with Crippen LogP contribution in [0.4, 0.5) is 0 Å². The van der Waals surface area contributed by atoms with E-state index in [1.807, 2.05) is 6.92 Å². The standard InChI is InChI=1S/C5H9ClN2/c1-3-8-5(7)4(2)6/h2-3H2,1H3,(H2,7,8). The number of hydrogen-bond donors (Lipinski definition) is 1. The van der Waals surface area contributed by atoms with Crippen LogP contribution < -0.4 is 5.73 Å². The van der Waals surface area contributed by atoms with Crippen LogP contribution in [0.25, 0.3) is 0 Å². The van der Waals surface area contributed by atoms with Gasteiger partial charge in [0, 0.05) is 6.54 Å². The van der Waals surface area contributed by atoms with Gasteiger partial charge in [-0.1, -0.05) is 18.2 Å². The Morgan fingerprint density at radius 1 is 1.88 bits per heavy atom. The van der Waals surface area contributed by atoms with E-state index in [2.05, 4.69) is 11.6 Å². The first-order chi connectivity index (χ1) is 3.68. The summed E-state index contributed by atoms with van der Waals surface area (Å²) in [6.45, 7) is 5.92. The molecule has 0 unspecified atom stereocenters. The summed E-state index contributed by atoms with van der Waals surface area (Å²) in [5.41, 5.74) is 5.25. The van der Waals surface area contributed by atoms with Gasteiger partial charge in [-0.15, -0.1) is 0 Å². The summed E-state index contributed by atoms with van der Waals surface area (Å²) >= 11 is 5.36. The quantitative estimate of drug-likeness (QED) is 0.444. The Bertz CT molecular complexity index is 118. The molecule has 0 aliphatic heterocycles. The van der Waals surface area contributed by atoms with Crippen molar-refractivity contribution in [2.75, 3.05) is 6.54 Å². The third kappa shape index (κ3) is 2.64. The van der Waals surface area contributed by atoms with Crippen LogP contribution >= 0.6 is 11.6 Å². The minimum Gasteiger partial charge on any atom is -0.383 e. The first-order valence-corrected chi connectivity index (χ1v) is 2.71. The van der Waals surface area contributed by atoms with Gasteiger partial charge in [-0.05, 0) is 6.92 Å². The molecule has 0 radical (unpaired) electrons. The predicted molar refractivity (Wildman–Crippen MR) is 37.2 cm³/mol. The SMILES string of the molecule is C=C(Cl)/C(N)=N\CC. The van der Waals surface area contributed by atoms with Crippen molar-refractivity contribution in [3.63, 3.8) is 0 Å². The van der Waals surface area contributed by atoms with Gasteiger partial charge < -0.3 is 5.73 Å². The molecule has 0 aliphatic carbocycles. The molecule has 2 nitrogen and oxygen atoms in total. The summed E-state index contributed by atoms with van der Waals surface area (Å²) in [6.07, 6.45) is 0. The maximum atomic E-state index is 5.36. The topological polar surface area (TPSA) is 38.4 Å². The Morgan fingerprint density at radius 2 is 2.38 bits per heavy atom. The van der Waals surface area contributed by atoms with Gasteiger partial charge in [0.1, 0.15) is 5.84 Å². The summed E-state index contributed by atoms with van der Waals surface area (Å²) in [5, 5.41) is 0.312. The fourth-order valence-electron chi connectivity index (χ4n) is 0.256. The molecule has 0 amide bonds. The predicted octanol–water partition coefficient (Wildman–Crippen LogP) is 1.12. The monoisotopic (exact) mass is 132 g/mol. The van der Waals surface area contributed by atoms with Crippen LogP contribution in [0.3, 0.4) is 0 Å². The Balaban J connectivity index is 3.80. The van der Waals surface area contributed by atoms with Crippen molar-refractivity contribution < 1.29 is 0 Å². The number of hydrogen-bond acceptors (Lipinski definition) is 1. The lowest BCUT2D eigenvalue weighted by atomic mass is 10.6. The third-order valence-electron chi connectivity index (χ3n) is 0.606. The minimum atomic E-state index is 0.312. The van der Waals surface area contributed by atoms with Gasteiger partial charge in [-0.2, -0.15) is 0 Å². The van der Waals surface area contributed by atoms with E-state index in [1.165, 1.54) is 0 Å². The van der Waals surface area contributed by atoms with E-state index >= 15 is 0 Å². The highest BCUT2D eigenvalue weighted by atomic mass is 35.5. The smallest absolute Gasteiger partial charge is 0.136 e. The second-order valence-corrected chi connectivity index (χ2v) is 1.72. The number of aliphatic imine (C=N–C) groups is 1. The minimum absolute atomic E-state index is 0.312. The van der Waals surface area contributed by atoms with Crippen LogP contribution in [0.2, 0.25) is 0 Å². The van der Waals surface area contributed by atoms with Crippen molar-refractivity contribution in [1.82, 2.24) is 0 Å². The molecule has 0 atom stereocenters. The Morgan fingerprint density at radius 3 is 2.50 bits per heavy atom. The second kappa shape index (κ2) is 3.50. The molecule has 0 saturated heterocycles. The number of nitrogens with zero attached hydrogens (tertiary/aromatic N) is 1. The summed E-state index contributed by atoms with van der Waals surface area (Å²) < 4.78 is 0. The molecule has 0 aromatic carbocycles. The molecule has 3 heteroatoms. The van der Waals surface area contributed by atoms with Gasteiger partial charge in [0.2, 0.25) is 0 Å². The van der Waals surface area contributed by atoms with Gasteiger partial charge in [0.25, 0.3) is 0 Å². The van der Waals surface area contributed by atoms with E-state index in [0.717, 1.165) is 0 Å². The molecule has 0 spiro atoms. The van der Waals surface area contributed by atoms with Gasteiger partial charge >= 0.3 is 0 Å². The normalized spacial score (nSPS) is 11.5. The van der Waals surface area contributed by atoms with Crippen molar-refractivity contribution in [3.8, 4) is 0 Å². The number of amidine groups is 1. The van der Waals surface area contributed by atoms with Crippen LogP contribution in [-0.4, -0.2) is 12.4 Å². The molecule has 0 bridgehead atoms. The number of halogens is 1. The van der Waals surface area contributed by atoms with E-state index in [4.69, 9.17) is 17.3 Å².